The Hall–Kier alpha value is -2.51. The molecule has 2 heterocycles. The fourth-order valence-corrected chi connectivity index (χ4v) is 1.92. The molecule has 0 spiro atoms. The normalized spacial score (nSPS) is 15.7. The highest BCUT2D eigenvalue weighted by atomic mass is 16.5. The molecule has 0 N–H and O–H groups in total. The quantitative estimate of drug-likeness (QED) is 0.754. The summed E-state index contributed by atoms with van der Waals surface area (Å²) in [7, 11) is 2.85. The van der Waals surface area contributed by atoms with Gasteiger partial charge in [0.05, 0.1) is 14.2 Å². The van der Waals surface area contributed by atoms with Gasteiger partial charge >= 0.3 is 5.97 Å². The van der Waals surface area contributed by atoms with Crippen molar-refractivity contribution in [2.24, 2.45) is 0 Å². The van der Waals surface area contributed by atoms with Crippen LogP contribution in [0.2, 0.25) is 0 Å². The van der Waals surface area contributed by atoms with Crippen LogP contribution in [0, 0.1) is 0 Å². The molecule has 2 aromatic heterocycles. The first kappa shape index (κ1) is 12.5. The number of carbonyl (C=O) groups is 1. The lowest BCUT2D eigenvalue weighted by atomic mass is 10.1. The van der Waals surface area contributed by atoms with Crippen molar-refractivity contribution >= 4 is 5.97 Å². The largest absolute Gasteiger partial charge is 0.481 e. The maximum atomic E-state index is 11.7. The fraction of sp³-hybridized carbons (Fsp3) is 0.417. The number of ether oxygens (including phenoxy) is 2. The summed E-state index contributed by atoms with van der Waals surface area (Å²) in [6, 6.07) is 1.59. The summed E-state index contributed by atoms with van der Waals surface area (Å²) in [5.41, 5.74) is -0.315. The number of hydrogen-bond acceptors (Lipinski definition) is 8. The smallest absolute Gasteiger partial charge is 0.321 e. The molecule has 104 valence electrons. The summed E-state index contributed by atoms with van der Waals surface area (Å²) in [6.45, 7) is 0. The van der Waals surface area contributed by atoms with E-state index in [0.717, 1.165) is 0 Å². The second-order valence-corrected chi connectivity index (χ2v) is 4.44. The van der Waals surface area contributed by atoms with Crippen LogP contribution in [0.15, 0.2) is 16.9 Å². The molecule has 20 heavy (non-hydrogen) atoms. The van der Waals surface area contributed by atoms with Crippen molar-refractivity contribution in [1.29, 1.82) is 0 Å². The molecule has 3 rings (SSSR count). The van der Waals surface area contributed by atoms with E-state index in [9.17, 15) is 4.79 Å². The minimum absolute atomic E-state index is 0.261. The van der Waals surface area contributed by atoms with Crippen molar-refractivity contribution in [3.05, 3.63) is 18.3 Å². The lowest BCUT2D eigenvalue weighted by Gasteiger charge is -2.05. The number of aromatic nitrogens is 4. The second-order valence-electron chi connectivity index (χ2n) is 4.44. The predicted molar refractivity (Wildman–Crippen MR) is 64.8 cm³/mol. The summed E-state index contributed by atoms with van der Waals surface area (Å²) >= 11 is 0. The Labute approximate surface area is 114 Å². The molecule has 0 bridgehead atoms. The van der Waals surface area contributed by atoms with Crippen LogP contribution in [0.1, 0.15) is 18.7 Å². The van der Waals surface area contributed by atoms with E-state index in [1.807, 2.05) is 0 Å². The van der Waals surface area contributed by atoms with E-state index in [4.69, 9.17) is 14.0 Å². The van der Waals surface area contributed by atoms with Gasteiger partial charge in [0.25, 0.3) is 0 Å². The summed E-state index contributed by atoms with van der Waals surface area (Å²) in [6.07, 6.45) is 2.64. The van der Waals surface area contributed by atoms with Crippen LogP contribution in [0.5, 0.6) is 5.88 Å². The fourth-order valence-electron chi connectivity index (χ4n) is 1.92. The first-order valence-electron chi connectivity index (χ1n) is 5.98. The van der Waals surface area contributed by atoms with E-state index in [1.165, 1.54) is 20.5 Å². The summed E-state index contributed by atoms with van der Waals surface area (Å²) in [5.74, 6) is 0.594. The monoisotopic (exact) mass is 276 g/mol. The molecule has 1 saturated carbocycles. The molecular weight excluding hydrogens is 264 g/mol. The highest BCUT2D eigenvalue weighted by Gasteiger charge is 2.57. The third-order valence-electron chi connectivity index (χ3n) is 3.24. The SMILES string of the molecule is COC(=O)C1(c2nc(-c3cc(OC)ncn3)no2)CC1. The highest BCUT2D eigenvalue weighted by molar-refractivity contribution is 5.85. The van der Waals surface area contributed by atoms with Gasteiger partial charge in [0.15, 0.2) is 0 Å². The number of carbonyl (C=O) groups excluding carboxylic acids is 1. The van der Waals surface area contributed by atoms with E-state index < -0.39 is 5.41 Å². The number of esters is 1. The molecule has 0 unspecified atom stereocenters. The van der Waals surface area contributed by atoms with Gasteiger partial charge in [0.1, 0.15) is 17.4 Å². The number of methoxy groups -OCH3 is 2. The molecule has 0 aliphatic heterocycles. The highest BCUT2D eigenvalue weighted by Crippen LogP contribution is 2.48. The Kier molecular flexibility index (Phi) is 2.85. The van der Waals surface area contributed by atoms with Crippen LogP contribution < -0.4 is 4.74 Å². The zero-order valence-corrected chi connectivity index (χ0v) is 11.0. The third-order valence-corrected chi connectivity index (χ3v) is 3.24. The van der Waals surface area contributed by atoms with Gasteiger partial charge in [-0.1, -0.05) is 5.16 Å². The zero-order chi connectivity index (χ0) is 14.2. The van der Waals surface area contributed by atoms with Gasteiger partial charge in [-0.3, -0.25) is 4.79 Å². The van der Waals surface area contributed by atoms with Crippen LogP contribution in [-0.2, 0) is 14.9 Å². The molecule has 1 aliphatic rings. The van der Waals surface area contributed by atoms with E-state index in [2.05, 4.69) is 20.1 Å². The predicted octanol–water partition coefficient (Wildman–Crippen LogP) is 0.740. The second kappa shape index (κ2) is 4.55. The minimum atomic E-state index is -0.781. The number of rotatable bonds is 4. The van der Waals surface area contributed by atoms with Gasteiger partial charge in [-0.05, 0) is 12.8 Å². The Morgan fingerprint density at radius 1 is 1.35 bits per heavy atom. The first-order valence-corrected chi connectivity index (χ1v) is 5.98. The first-order chi connectivity index (χ1) is 9.69. The van der Waals surface area contributed by atoms with Gasteiger partial charge in [-0.2, -0.15) is 4.98 Å². The Balaban J connectivity index is 1.92. The Morgan fingerprint density at radius 2 is 2.15 bits per heavy atom. The van der Waals surface area contributed by atoms with Crippen LogP contribution in [0.4, 0.5) is 0 Å². The van der Waals surface area contributed by atoms with E-state index in [-0.39, 0.29) is 17.7 Å². The van der Waals surface area contributed by atoms with Gasteiger partial charge < -0.3 is 14.0 Å². The molecule has 8 nitrogen and oxygen atoms in total. The van der Waals surface area contributed by atoms with E-state index in [1.54, 1.807) is 6.07 Å². The Bertz CT molecular complexity index is 650. The molecule has 0 radical (unpaired) electrons. The number of hydrogen-bond donors (Lipinski definition) is 0. The van der Waals surface area contributed by atoms with Crippen molar-refractivity contribution in [2.45, 2.75) is 18.3 Å². The van der Waals surface area contributed by atoms with Gasteiger partial charge in [-0.25, -0.2) is 9.97 Å². The van der Waals surface area contributed by atoms with Crippen molar-refractivity contribution in [3.63, 3.8) is 0 Å². The molecular formula is C12H12N4O4. The molecule has 8 heteroatoms. The minimum Gasteiger partial charge on any atom is -0.481 e. The van der Waals surface area contributed by atoms with Crippen molar-refractivity contribution in [2.75, 3.05) is 14.2 Å². The van der Waals surface area contributed by atoms with Gasteiger partial charge in [-0.15, -0.1) is 0 Å². The van der Waals surface area contributed by atoms with Gasteiger partial charge in [0.2, 0.25) is 17.6 Å². The average molecular weight is 276 g/mol. The summed E-state index contributed by atoms with van der Waals surface area (Å²) < 4.78 is 15.0. The number of nitrogens with zero attached hydrogens (tertiary/aromatic N) is 4. The molecule has 0 aromatic carbocycles. The van der Waals surface area contributed by atoms with E-state index >= 15 is 0 Å². The average Bonchev–Trinajstić information content (AvgIpc) is 3.16. The molecule has 0 atom stereocenters. The molecule has 2 aromatic rings. The van der Waals surface area contributed by atoms with Gasteiger partial charge in [0, 0.05) is 6.07 Å². The Morgan fingerprint density at radius 3 is 2.80 bits per heavy atom. The summed E-state index contributed by atoms with van der Waals surface area (Å²) in [5, 5.41) is 3.85. The van der Waals surface area contributed by atoms with Crippen LogP contribution in [0.25, 0.3) is 11.5 Å². The standard InChI is InChI=1S/C12H12N4O4/c1-18-8-5-7(13-6-14-8)9-15-10(20-16-9)12(3-4-12)11(17)19-2/h5-6H,3-4H2,1-2H3. The molecule has 1 fully saturated rings. The van der Waals surface area contributed by atoms with Crippen LogP contribution in [-0.4, -0.2) is 40.3 Å². The molecule has 1 aliphatic carbocycles. The van der Waals surface area contributed by atoms with Crippen LogP contribution in [0.3, 0.4) is 0 Å². The summed E-state index contributed by atoms with van der Waals surface area (Å²) in [4.78, 5) is 23.9. The van der Waals surface area contributed by atoms with Crippen LogP contribution >= 0.6 is 0 Å². The zero-order valence-electron chi connectivity index (χ0n) is 11.0. The third kappa shape index (κ3) is 1.89. The maximum absolute atomic E-state index is 11.7. The lowest BCUT2D eigenvalue weighted by molar-refractivity contribution is -0.144. The lowest BCUT2D eigenvalue weighted by Crippen LogP contribution is -2.22. The van der Waals surface area contributed by atoms with E-state index in [0.29, 0.717) is 24.4 Å². The van der Waals surface area contributed by atoms with Crippen molar-refractivity contribution in [1.82, 2.24) is 20.1 Å². The maximum Gasteiger partial charge on any atom is 0.321 e. The molecule has 0 amide bonds. The van der Waals surface area contributed by atoms with Crippen molar-refractivity contribution < 1.29 is 18.8 Å². The molecule has 0 saturated heterocycles. The topological polar surface area (TPSA) is 100 Å². The van der Waals surface area contributed by atoms with Crippen molar-refractivity contribution in [3.8, 4) is 17.4 Å².